The molecule has 2 heterocycles. The molecule has 3 aliphatic rings. The van der Waals surface area contributed by atoms with Gasteiger partial charge in [-0.05, 0) is 50.7 Å². The number of nitrogens with one attached hydrogen (secondary N) is 1. The Hall–Kier alpha value is 0.310. The lowest BCUT2D eigenvalue weighted by molar-refractivity contribution is 0.0793. The fraction of sp³-hybridized carbons (Fsp3) is 0.944. The number of hydrogen-bond acceptors (Lipinski definition) is 3. The van der Waals surface area contributed by atoms with Gasteiger partial charge in [0.1, 0.15) is 0 Å². The zero-order valence-corrected chi connectivity index (χ0v) is 18.4. The van der Waals surface area contributed by atoms with Crippen molar-refractivity contribution in [3.05, 3.63) is 0 Å². The molecule has 0 bridgehead atoms. The van der Waals surface area contributed by atoms with Crippen LogP contribution >= 0.6 is 35.7 Å². The van der Waals surface area contributed by atoms with Gasteiger partial charge in [0.25, 0.3) is 0 Å². The summed E-state index contributed by atoms with van der Waals surface area (Å²) in [6.07, 6.45) is 10.2. The van der Waals surface area contributed by atoms with E-state index in [-0.39, 0.29) is 28.7 Å². The molecule has 2 unspecified atom stereocenters. The summed E-state index contributed by atoms with van der Waals surface area (Å²) in [7, 11) is 0. The molecule has 1 saturated carbocycles. The lowest BCUT2D eigenvalue weighted by Gasteiger charge is -2.34. The van der Waals surface area contributed by atoms with Crippen LogP contribution in [0.15, 0.2) is 4.99 Å². The SMILES string of the molecule is CCNC(=NCC1(SC)CCOCC1)N1CC2CCCCC2C1.I. The first-order chi connectivity index (χ1) is 11.3. The summed E-state index contributed by atoms with van der Waals surface area (Å²) in [6, 6.07) is 0. The molecule has 4 nitrogen and oxygen atoms in total. The maximum Gasteiger partial charge on any atom is 0.193 e. The lowest BCUT2D eigenvalue weighted by Crippen LogP contribution is -2.42. The second-order valence-corrected chi connectivity index (χ2v) is 8.65. The van der Waals surface area contributed by atoms with Crippen molar-refractivity contribution in [1.29, 1.82) is 0 Å². The molecule has 2 atom stereocenters. The fourth-order valence-corrected chi connectivity index (χ4v) is 5.16. The Morgan fingerprint density at radius 3 is 2.38 bits per heavy atom. The molecule has 0 aromatic carbocycles. The van der Waals surface area contributed by atoms with E-state index >= 15 is 0 Å². The lowest BCUT2D eigenvalue weighted by atomic mass is 9.82. The van der Waals surface area contributed by atoms with Gasteiger partial charge in [0.2, 0.25) is 0 Å². The second-order valence-electron chi connectivity index (χ2n) is 7.38. The van der Waals surface area contributed by atoms with E-state index in [1.165, 1.54) is 38.8 Å². The van der Waals surface area contributed by atoms with Crippen molar-refractivity contribution >= 4 is 41.7 Å². The highest BCUT2D eigenvalue weighted by molar-refractivity contribution is 14.0. The van der Waals surface area contributed by atoms with Gasteiger partial charge in [-0.3, -0.25) is 4.99 Å². The van der Waals surface area contributed by atoms with Crippen LogP contribution in [0.1, 0.15) is 45.4 Å². The van der Waals surface area contributed by atoms with Crippen LogP contribution in [0.25, 0.3) is 0 Å². The van der Waals surface area contributed by atoms with Crippen LogP contribution in [0.5, 0.6) is 0 Å². The van der Waals surface area contributed by atoms with E-state index in [9.17, 15) is 0 Å². The van der Waals surface area contributed by atoms with Crippen molar-refractivity contribution in [3.63, 3.8) is 0 Å². The Morgan fingerprint density at radius 1 is 1.21 bits per heavy atom. The number of halogens is 1. The molecule has 0 aromatic rings. The van der Waals surface area contributed by atoms with Crippen LogP contribution in [-0.2, 0) is 4.74 Å². The smallest absolute Gasteiger partial charge is 0.193 e. The predicted molar refractivity (Wildman–Crippen MR) is 115 cm³/mol. The summed E-state index contributed by atoms with van der Waals surface area (Å²) in [4.78, 5) is 7.61. The second kappa shape index (κ2) is 9.86. The Kier molecular flexibility index (Phi) is 8.47. The van der Waals surface area contributed by atoms with Gasteiger partial charge in [-0.15, -0.1) is 24.0 Å². The van der Waals surface area contributed by atoms with Crippen molar-refractivity contribution in [2.24, 2.45) is 16.8 Å². The number of thioether (sulfide) groups is 1. The summed E-state index contributed by atoms with van der Waals surface area (Å²) >= 11 is 1.98. The van der Waals surface area contributed by atoms with Gasteiger partial charge >= 0.3 is 0 Å². The third kappa shape index (κ3) is 4.93. The number of nitrogens with zero attached hydrogens (tertiary/aromatic N) is 2. The number of guanidine groups is 1. The van der Waals surface area contributed by atoms with E-state index in [1.54, 1.807) is 0 Å². The normalized spacial score (nSPS) is 29.8. The number of aliphatic imine (C=N–C) groups is 1. The average molecular weight is 467 g/mol. The summed E-state index contributed by atoms with van der Waals surface area (Å²) in [5.41, 5.74) is 0. The van der Waals surface area contributed by atoms with Gasteiger partial charge < -0.3 is 15.0 Å². The molecule has 2 saturated heterocycles. The summed E-state index contributed by atoms with van der Waals surface area (Å²) in [5, 5.41) is 3.55. The zero-order valence-electron chi connectivity index (χ0n) is 15.3. The van der Waals surface area contributed by atoms with Gasteiger partial charge in [0, 0.05) is 37.6 Å². The first kappa shape index (κ1) is 20.6. The summed E-state index contributed by atoms with van der Waals surface area (Å²) in [5.74, 6) is 2.97. The molecule has 2 aliphatic heterocycles. The van der Waals surface area contributed by atoms with Crippen LogP contribution < -0.4 is 5.32 Å². The molecule has 0 aromatic heterocycles. The van der Waals surface area contributed by atoms with Gasteiger partial charge in [-0.2, -0.15) is 11.8 Å². The van der Waals surface area contributed by atoms with E-state index in [0.29, 0.717) is 0 Å². The monoisotopic (exact) mass is 467 g/mol. The van der Waals surface area contributed by atoms with E-state index in [0.717, 1.165) is 56.9 Å². The van der Waals surface area contributed by atoms with Crippen LogP contribution in [0.2, 0.25) is 0 Å². The van der Waals surface area contributed by atoms with Crippen molar-refractivity contribution in [2.75, 3.05) is 45.6 Å². The minimum Gasteiger partial charge on any atom is -0.381 e. The minimum absolute atomic E-state index is 0. The van der Waals surface area contributed by atoms with Crippen LogP contribution in [0.4, 0.5) is 0 Å². The molecular weight excluding hydrogens is 433 g/mol. The molecular formula is C18H34IN3OS. The topological polar surface area (TPSA) is 36.9 Å². The van der Waals surface area contributed by atoms with E-state index in [4.69, 9.17) is 9.73 Å². The van der Waals surface area contributed by atoms with Crippen molar-refractivity contribution < 1.29 is 4.74 Å². The average Bonchev–Trinajstić information content (AvgIpc) is 3.03. The number of likely N-dealkylation sites (tertiary alicyclic amines) is 1. The molecule has 140 valence electrons. The Morgan fingerprint density at radius 2 is 1.83 bits per heavy atom. The molecule has 1 N–H and O–H groups in total. The number of ether oxygens (including phenoxy) is 1. The molecule has 0 radical (unpaired) electrons. The highest BCUT2D eigenvalue weighted by atomic mass is 127. The van der Waals surface area contributed by atoms with Gasteiger partial charge in [0.05, 0.1) is 6.54 Å². The quantitative estimate of drug-likeness (QED) is 0.390. The fourth-order valence-electron chi connectivity index (χ4n) is 4.39. The maximum absolute atomic E-state index is 5.56. The third-order valence-electron chi connectivity index (χ3n) is 5.96. The first-order valence-corrected chi connectivity index (χ1v) is 10.6. The number of rotatable bonds is 4. The number of hydrogen-bond donors (Lipinski definition) is 1. The van der Waals surface area contributed by atoms with E-state index < -0.39 is 0 Å². The maximum atomic E-state index is 5.56. The highest BCUT2D eigenvalue weighted by Gasteiger charge is 2.36. The standard InChI is InChI=1S/C18H33N3OS.HI/c1-3-19-17(20-14-18(23-2)8-10-22-11-9-18)21-12-15-6-4-5-7-16(15)13-21;/h15-16H,3-14H2,1-2H3,(H,19,20);1H. The van der Waals surface area contributed by atoms with Crippen molar-refractivity contribution in [1.82, 2.24) is 10.2 Å². The van der Waals surface area contributed by atoms with Crippen LogP contribution in [0.3, 0.4) is 0 Å². The Labute approximate surface area is 169 Å². The minimum atomic E-state index is 0. The summed E-state index contributed by atoms with van der Waals surface area (Å²) < 4.78 is 5.84. The van der Waals surface area contributed by atoms with Gasteiger partial charge in [-0.1, -0.05) is 12.8 Å². The van der Waals surface area contributed by atoms with Crippen LogP contribution in [-0.4, -0.2) is 61.3 Å². The zero-order chi connectivity index (χ0) is 16.1. The van der Waals surface area contributed by atoms with Crippen molar-refractivity contribution in [2.45, 2.75) is 50.2 Å². The molecule has 3 rings (SSSR count). The molecule has 0 spiro atoms. The molecule has 3 fully saturated rings. The largest absolute Gasteiger partial charge is 0.381 e. The summed E-state index contributed by atoms with van der Waals surface area (Å²) in [6.45, 7) is 8.27. The molecule has 1 aliphatic carbocycles. The number of fused-ring (bicyclic) bond motifs is 1. The Bertz CT molecular complexity index is 401. The third-order valence-corrected chi connectivity index (χ3v) is 7.37. The predicted octanol–water partition coefficient (Wildman–Crippen LogP) is 3.60. The highest BCUT2D eigenvalue weighted by Crippen LogP contribution is 2.37. The van der Waals surface area contributed by atoms with E-state index in [1.807, 2.05) is 11.8 Å². The van der Waals surface area contributed by atoms with Crippen molar-refractivity contribution in [3.8, 4) is 0 Å². The first-order valence-electron chi connectivity index (χ1n) is 9.42. The van der Waals surface area contributed by atoms with Gasteiger partial charge in [-0.25, -0.2) is 0 Å². The van der Waals surface area contributed by atoms with E-state index in [2.05, 4.69) is 23.4 Å². The molecule has 24 heavy (non-hydrogen) atoms. The van der Waals surface area contributed by atoms with Gasteiger partial charge in [0.15, 0.2) is 5.96 Å². The van der Waals surface area contributed by atoms with Crippen LogP contribution in [0, 0.1) is 11.8 Å². The molecule has 6 heteroatoms. The Balaban J connectivity index is 0.00000208. The molecule has 0 amide bonds.